The normalized spacial score (nSPS) is 12.3. The number of carbonyl (C=O) groups is 1. The Hall–Kier alpha value is -3.55. The summed E-state index contributed by atoms with van der Waals surface area (Å²) in [5, 5.41) is 9.03. The van der Waals surface area contributed by atoms with Crippen LogP contribution in [0.15, 0.2) is 60.7 Å². The molecule has 0 radical (unpaired) electrons. The number of halogens is 3. The number of alkyl halides is 3. The van der Waals surface area contributed by atoms with Gasteiger partial charge >= 0.3 is 12.1 Å². The van der Waals surface area contributed by atoms with Gasteiger partial charge in [0.05, 0.1) is 30.5 Å². The van der Waals surface area contributed by atoms with Crippen LogP contribution in [0.25, 0.3) is 11.3 Å². The van der Waals surface area contributed by atoms with Gasteiger partial charge in [0.2, 0.25) is 0 Å². The first-order valence-electron chi connectivity index (χ1n) is 10.9. The van der Waals surface area contributed by atoms with Crippen molar-refractivity contribution in [1.82, 2.24) is 4.98 Å². The molecule has 0 bridgehead atoms. The molecule has 3 rings (SSSR count). The summed E-state index contributed by atoms with van der Waals surface area (Å²) in [6.45, 7) is 2.06. The molecule has 34 heavy (non-hydrogen) atoms. The molecule has 0 spiro atoms. The van der Waals surface area contributed by atoms with E-state index in [1.54, 1.807) is 30.3 Å². The number of unbranched alkanes of at least 4 members (excludes halogenated alkanes) is 1. The lowest BCUT2D eigenvalue weighted by atomic mass is 10.1. The average Bonchev–Trinajstić information content (AvgIpc) is 2.81. The number of aliphatic carboxylic acids is 1. The van der Waals surface area contributed by atoms with Gasteiger partial charge in [0.25, 0.3) is 0 Å². The molecule has 1 unspecified atom stereocenters. The van der Waals surface area contributed by atoms with Crippen LogP contribution in [0.2, 0.25) is 0 Å². The molecule has 5 nitrogen and oxygen atoms in total. The van der Waals surface area contributed by atoms with E-state index in [0.717, 1.165) is 25.0 Å². The van der Waals surface area contributed by atoms with Gasteiger partial charge in [-0.1, -0.05) is 37.6 Å². The van der Waals surface area contributed by atoms with Gasteiger partial charge in [-0.15, -0.1) is 0 Å². The van der Waals surface area contributed by atoms with Gasteiger partial charge in [0, 0.05) is 5.56 Å². The van der Waals surface area contributed by atoms with Crippen LogP contribution in [-0.4, -0.2) is 23.2 Å². The number of pyridine rings is 1. The topological polar surface area (TPSA) is 68.7 Å². The Morgan fingerprint density at radius 1 is 1.06 bits per heavy atom. The van der Waals surface area contributed by atoms with Gasteiger partial charge in [0.15, 0.2) is 11.5 Å². The third-order valence-corrected chi connectivity index (χ3v) is 5.28. The molecule has 0 aliphatic carbocycles. The fourth-order valence-corrected chi connectivity index (χ4v) is 3.53. The molecule has 1 atom stereocenters. The first-order chi connectivity index (χ1) is 16.2. The molecular weight excluding hydrogens is 447 g/mol. The Labute approximate surface area is 196 Å². The lowest BCUT2D eigenvalue weighted by Gasteiger charge is -2.21. The van der Waals surface area contributed by atoms with E-state index in [-0.39, 0.29) is 6.42 Å². The van der Waals surface area contributed by atoms with Crippen LogP contribution in [0.1, 0.15) is 49.1 Å². The van der Waals surface area contributed by atoms with Crippen LogP contribution in [0.5, 0.6) is 11.5 Å². The average molecular weight is 473 g/mol. The molecule has 0 saturated heterocycles. The van der Waals surface area contributed by atoms with Crippen LogP contribution in [0.3, 0.4) is 0 Å². The Kier molecular flexibility index (Phi) is 8.15. The maximum atomic E-state index is 12.9. The summed E-state index contributed by atoms with van der Waals surface area (Å²) in [7, 11) is 1.48. The van der Waals surface area contributed by atoms with E-state index >= 15 is 0 Å². The number of aromatic nitrogens is 1. The van der Waals surface area contributed by atoms with E-state index in [0.29, 0.717) is 40.4 Å². The summed E-state index contributed by atoms with van der Waals surface area (Å²) in [6, 6.07) is 15.2. The fraction of sp³-hybridized carbons (Fsp3) is 0.308. The second kappa shape index (κ2) is 11.0. The fourth-order valence-electron chi connectivity index (χ4n) is 3.53. The number of methoxy groups -OCH3 is 1. The molecule has 8 heteroatoms. The van der Waals surface area contributed by atoms with Gasteiger partial charge < -0.3 is 14.6 Å². The highest BCUT2D eigenvalue weighted by Crippen LogP contribution is 2.35. The monoisotopic (exact) mass is 473 g/mol. The second-order valence-corrected chi connectivity index (χ2v) is 7.83. The minimum Gasteiger partial charge on any atom is -0.493 e. The lowest BCUT2D eigenvalue weighted by molar-refractivity contribution is -0.138. The highest BCUT2D eigenvalue weighted by atomic mass is 19.4. The van der Waals surface area contributed by atoms with Crippen LogP contribution in [0.4, 0.5) is 13.2 Å². The number of nitrogens with zero attached hydrogens (tertiary/aromatic N) is 1. The van der Waals surface area contributed by atoms with Crippen molar-refractivity contribution in [3.63, 3.8) is 0 Å². The van der Waals surface area contributed by atoms with Gasteiger partial charge in [-0.2, -0.15) is 13.2 Å². The molecular formula is C26H26F3NO4. The van der Waals surface area contributed by atoms with E-state index < -0.39 is 23.8 Å². The van der Waals surface area contributed by atoms with Gasteiger partial charge in [-0.3, -0.25) is 4.79 Å². The minimum atomic E-state index is -4.40. The van der Waals surface area contributed by atoms with Crippen LogP contribution >= 0.6 is 0 Å². The van der Waals surface area contributed by atoms with Crippen molar-refractivity contribution in [2.45, 2.75) is 44.9 Å². The highest BCUT2D eigenvalue weighted by molar-refractivity contribution is 5.70. The first kappa shape index (κ1) is 25.1. The number of carboxylic acid groups (broad SMARTS) is 1. The minimum absolute atomic E-state index is 0.132. The van der Waals surface area contributed by atoms with Gasteiger partial charge in [-0.05, 0) is 54.8 Å². The number of hydrogen-bond acceptors (Lipinski definition) is 4. The van der Waals surface area contributed by atoms with Crippen molar-refractivity contribution in [2.75, 3.05) is 7.11 Å². The zero-order chi connectivity index (χ0) is 24.7. The predicted molar refractivity (Wildman–Crippen MR) is 122 cm³/mol. The standard InChI is InChI=1S/C26H26F3NO4/c1-3-4-8-22(34-23-14-9-17(16-25(31)32)15-24(23)33-2)21-7-5-6-20(30-21)18-10-12-19(13-11-18)26(27,28)29/h5-7,9-15,22H,3-4,8,16H2,1-2H3,(H,31,32). The maximum absolute atomic E-state index is 12.9. The van der Waals surface area contributed by atoms with Crippen molar-refractivity contribution in [1.29, 1.82) is 0 Å². The van der Waals surface area contributed by atoms with E-state index in [4.69, 9.17) is 14.6 Å². The molecule has 1 heterocycles. The Morgan fingerprint density at radius 3 is 2.41 bits per heavy atom. The Morgan fingerprint density at radius 2 is 1.79 bits per heavy atom. The predicted octanol–water partition coefficient (Wildman–Crippen LogP) is 6.71. The molecule has 0 fully saturated rings. The van der Waals surface area contributed by atoms with Crippen LogP contribution in [-0.2, 0) is 17.4 Å². The van der Waals surface area contributed by atoms with Gasteiger partial charge in [0.1, 0.15) is 6.10 Å². The van der Waals surface area contributed by atoms with Crippen molar-refractivity contribution < 1.29 is 32.5 Å². The number of ether oxygens (including phenoxy) is 2. The van der Waals surface area contributed by atoms with Gasteiger partial charge in [-0.25, -0.2) is 4.98 Å². The third kappa shape index (κ3) is 6.50. The molecule has 1 N–H and O–H groups in total. The largest absolute Gasteiger partial charge is 0.493 e. The molecule has 3 aromatic rings. The molecule has 0 aliphatic heterocycles. The van der Waals surface area contributed by atoms with E-state index in [1.807, 2.05) is 6.07 Å². The summed E-state index contributed by atoms with van der Waals surface area (Å²) >= 11 is 0. The molecule has 0 amide bonds. The zero-order valence-electron chi connectivity index (χ0n) is 18.9. The number of hydrogen-bond donors (Lipinski definition) is 1. The summed E-state index contributed by atoms with van der Waals surface area (Å²) in [5.74, 6) is -0.0700. The number of carboxylic acids is 1. The Balaban J connectivity index is 1.89. The smallest absolute Gasteiger partial charge is 0.416 e. The Bertz CT molecular complexity index is 1110. The summed E-state index contributed by atoms with van der Waals surface area (Å²) in [4.78, 5) is 15.7. The molecule has 2 aromatic carbocycles. The first-order valence-corrected chi connectivity index (χ1v) is 10.9. The second-order valence-electron chi connectivity index (χ2n) is 7.83. The highest BCUT2D eigenvalue weighted by Gasteiger charge is 2.30. The van der Waals surface area contributed by atoms with Crippen molar-refractivity contribution in [2.24, 2.45) is 0 Å². The van der Waals surface area contributed by atoms with E-state index in [2.05, 4.69) is 11.9 Å². The van der Waals surface area contributed by atoms with Crippen molar-refractivity contribution in [3.8, 4) is 22.8 Å². The quantitative estimate of drug-likeness (QED) is 0.354. The molecule has 1 aromatic heterocycles. The lowest BCUT2D eigenvalue weighted by Crippen LogP contribution is -2.11. The summed E-state index contributed by atoms with van der Waals surface area (Å²) in [6.07, 6.45) is -2.48. The number of benzene rings is 2. The maximum Gasteiger partial charge on any atom is 0.416 e. The summed E-state index contributed by atoms with van der Waals surface area (Å²) < 4.78 is 50.4. The zero-order valence-corrected chi connectivity index (χ0v) is 18.9. The number of rotatable bonds is 10. The summed E-state index contributed by atoms with van der Waals surface area (Å²) in [5.41, 5.74) is 1.63. The molecule has 0 aliphatic rings. The van der Waals surface area contributed by atoms with Crippen LogP contribution in [0, 0.1) is 0 Å². The van der Waals surface area contributed by atoms with E-state index in [1.165, 1.54) is 19.2 Å². The molecule has 0 saturated carbocycles. The van der Waals surface area contributed by atoms with E-state index in [9.17, 15) is 18.0 Å². The third-order valence-electron chi connectivity index (χ3n) is 5.28. The van der Waals surface area contributed by atoms with Crippen molar-refractivity contribution in [3.05, 3.63) is 77.5 Å². The molecule has 180 valence electrons. The van der Waals surface area contributed by atoms with Crippen molar-refractivity contribution >= 4 is 5.97 Å². The van der Waals surface area contributed by atoms with Crippen LogP contribution < -0.4 is 9.47 Å². The SMILES string of the molecule is CCCCC(Oc1ccc(CC(=O)O)cc1OC)c1cccc(-c2ccc(C(F)(F)F)cc2)n1.